The third-order valence-electron chi connectivity index (χ3n) is 3.34. The van der Waals surface area contributed by atoms with Crippen molar-refractivity contribution in [3.63, 3.8) is 0 Å². The summed E-state index contributed by atoms with van der Waals surface area (Å²) < 4.78 is 1.65. The first-order valence-corrected chi connectivity index (χ1v) is 5.75. The highest BCUT2D eigenvalue weighted by Gasteiger charge is 2.20. The number of fused-ring (bicyclic) bond motifs is 2. The summed E-state index contributed by atoms with van der Waals surface area (Å²) in [5.41, 5.74) is 2.81. The minimum atomic E-state index is 0.118. The lowest BCUT2D eigenvalue weighted by Crippen LogP contribution is -2.27. The van der Waals surface area contributed by atoms with Gasteiger partial charge in [0.25, 0.3) is 5.56 Å². The summed E-state index contributed by atoms with van der Waals surface area (Å²) in [6.45, 7) is 2.20. The average molecular weight is 214 g/mol. The van der Waals surface area contributed by atoms with Crippen LogP contribution in [0.4, 0.5) is 0 Å². The molecule has 0 saturated carbocycles. The lowest BCUT2D eigenvalue weighted by atomic mass is 9.88. The lowest BCUT2D eigenvalue weighted by molar-refractivity contribution is 0.489. The average Bonchev–Trinajstić information content (AvgIpc) is 2.31. The van der Waals surface area contributed by atoms with E-state index < -0.39 is 0 Å². The van der Waals surface area contributed by atoms with Gasteiger partial charge in [-0.3, -0.25) is 9.20 Å². The molecule has 0 aliphatic heterocycles. The maximum Gasteiger partial charge on any atom is 0.261 e. The molecule has 0 aromatic carbocycles. The molecule has 1 atom stereocenters. The van der Waals surface area contributed by atoms with Crippen molar-refractivity contribution >= 4 is 5.65 Å². The second-order valence-electron chi connectivity index (χ2n) is 4.62. The van der Waals surface area contributed by atoms with Crippen LogP contribution in [0.25, 0.3) is 5.65 Å². The number of nitrogens with zero attached hydrogens (tertiary/aromatic N) is 2. The minimum absolute atomic E-state index is 0.118. The van der Waals surface area contributed by atoms with Gasteiger partial charge in [0, 0.05) is 11.8 Å². The quantitative estimate of drug-likeness (QED) is 0.670. The second kappa shape index (κ2) is 3.44. The third kappa shape index (κ3) is 1.35. The van der Waals surface area contributed by atoms with Crippen molar-refractivity contribution in [3.8, 4) is 0 Å². The standard InChI is InChI=1S/C13H14N2O/c1-9-5-6-11-10(8-9)13(16)15-7-3-2-4-12(15)14-11/h2-4,7,9H,5-6,8H2,1H3. The van der Waals surface area contributed by atoms with Gasteiger partial charge in [-0.25, -0.2) is 4.98 Å². The van der Waals surface area contributed by atoms with Crippen LogP contribution in [0.1, 0.15) is 24.6 Å². The van der Waals surface area contributed by atoms with E-state index in [1.54, 1.807) is 10.6 Å². The Kier molecular flexibility index (Phi) is 2.06. The van der Waals surface area contributed by atoms with Gasteiger partial charge < -0.3 is 0 Å². The molecule has 3 nitrogen and oxygen atoms in total. The summed E-state index contributed by atoms with van der Waals surface area (Å²) in [4.78, 5) is 16.8. The zero-order chi connectivity index (χ0) is 11.1. The Labute approximate surface area is 93.8 Å². The topological polar surface area (TPSA) is 34.4 Å². The van der Waals surface area contributed by atoms with E-state index >= 15 is 0 Å². The number of rotatable bonds is 0. The number of hydrogen-bond donors (Lipinski definition) is 0. The highest BCUT2D eigenvalue weighted by molar-refractivity contribution is 5.41. The van der Waals surface area contributed by atoms with Gasteiger partial charge in [0.05, 0.1) is 5.69 Å². The highest BCUT2D eigenvalue weighted by Crippen LogP contribution is 2.21. The summed E-state index contributed by atoms with van der Waals surface area (Å²) in [6.07, 6.45) is 4.75. The first-order valence-electron chi connectivity index (χ1n) is 5.75. The molecular weight excluding hydrogens is 200 g/mol. The zero-order valence-corrected chi connectivity index (χ0v) is 9.31. The third-order valence-corrected chi connectivity index (χ3v) is 3.34. The first-order chi connectivity index (χ1) is 7.75. The van der Waals surface area contributed by atoms with Crippen LogP contribution < -0.4 is 5.56 Å². The molecule has 2 aromatic rings. The van der Waals surface area contributed by atoms with E-state index in [-0.39, 0.29) is 5.56 Å². The minimum Gasteiger partial charge on any atom is -0.269 e. The van der Waals surface area contributed by atoms with E-state index in [4.69, 9.17) is 0 Å². The fourth-order valence-corrected chi connectivity index (χ4v) is 2.42. The lowest BCUT2D eigenvalue weighted by Gasteiger charge is -2.20. The van der Waals surface area contributed by atoms with Crippen LogP contribution in [-0.2, 0) is 12.8 Å². The molecule has 0 spiro atoms. The zero-order valence-electron chi connectivity index (χ0n) is 9.31. The fraction of sp³-hybridized carbons (Fsp3) is 0.385. The van der Waals surface area contributed by atoms with E-state index in [2.05, 4.69) is 11.9 Å². The summed E-state index contributed by atoms with van der Waals surface area (Å²) >= 11 is 0. The van der Waals surface area contributed by atoms with Crippen molar-refractivity contribution < 1.29 is 0 Å². The van der Waals surface area contributed by atoms with Crippen LogP contribution in [0.3, 0.4) is 0 Å². The summed E-state index contributed by atoms with van der Waals surface area (Å²) in [5, 5.41) is 0. The van der Waals surface area contributed by atoms with Crippen molar-refractivity contribution in [2.24, 2.45) is 5.92 Å². The maximum absolute atomic E-state index is 12.2. The molecule has 2 aromatic heterocycles. The smallest absolute Gasteiger partial charge is 0.261 e. The van der Waals surface area contributed by atoms with Crippen molar-refractivity contribution in [1.29, 1.82) is 0 Å². The first kappa shape index (κ1) is 9.58. The summed E-state index contributed by atoms with van der Waals surface area (Å²) in [7, 11) is 0. The van der Waals surface area contributed by atoms with Gasteiger partial charge in [0.1, 0.15) is 5.65 Å². The number of aromatic nitrogens is 2. The fourth-order valence-electron chi connectivity index (χ4n) is 2.42. The summed E-state index contributed by atoms with van der Waals surface area (Å²) in [6, 6.07) is 5.67. The number of hydrogen-bond acceptors (Lipinski definition) is 2. The van der Waals surface area contributed by atoms with Crippen LogP contribution >= 0.6 is 0 Å². The van der Waals surface area contributed by atoms with Crippen LogP contribution in [0.15, 0.2) is 29.2 Å². The molecule has 0 radical (unpaired) electrons. The van der Waals surface area contributed by atoms with Gasteiger partial charge in [0.15, 0.2) is 0 Å². The highest BCUT2D eigenvalue weighted by atomic mass is 16.1. The molecule has 0 N–H and O–H groups in total. The maximum atomic E-state index is 12.2. The molecule has 0 fully saturated rings. The van der Waals surface area contributed by atoms with Crippen LogP contribution in [0.2, 0.25) is 0 Å². The van der Waals surface area contributed by atoms with E-state index in [9.17, 15) is 4.79 Å². The Morgan fingerprint density at radius 1 is 1.44 bits per heavy atom. The molecule has 3 rings (SSSR count). The molecule has 16 heavy (non-hydrogen) atoms. The largest absolute Gasteiger partial charge is 0.269 e. The molecule has 0 bridgehead atoms. The molecule has 0 amide bonds. The Hall–Kier alpha value is -1.64. The molecule has 1 aliphatic carbocycles. The predicted molar refractivity (Wildman–Crippen MR) is 62.7 cm³/mol. The van der Waals surface area contributed by atoms with Crippen LogP contribution in [0.5, 0.6) is 0 Å². The SMILES string of the molecule is CC1CCc2nc3ccccn3c(=O)c2C1. The molecular formula is C13H14N2O. The molecule has 2 heterocycles. The van der Waals surface area contributed by atoms with Crippen molar-refractivity contribution in [3.05, 3.63) is 46.0 Å². The van der Waals surface area contributed by atoms with Gasteiger partial charge in [-0.1, -0.05) is 13.0 Å². The van der Waals surface area contributed by atoms with E-state index in [1.807, 2.05) is 18.2 Å². The van der Waals surface area contributed by atoms with Crippen molar-refractivity contribution in [2.45, 2.75) is 26.2 Å². The Bertz CT molecular complexity index is 600. The molecule has 1 aliphatic rings. The summed E-state index contributed by atoms with van der Waals surface area (Å²) in [5.74, 6) is 0.601. The molecule has 1 unspecified atom stereocenters. The number of pyridine rings is 1. The van der Waals surface area contributed by atoms with Gasteiger partial charge in [-0.15, -0.1) is 0 Å². The molecule has 3 heteroatoms. The Balaban J connectivity index is 2.34. The van der Waals surface area contributed by atoms with Crippen molar-refractivity contribution in [1.82, 2.24) is 9.38 Å². The molecule has 0 saturated heterocycles. The van der Waals surface area contributed by atoms with Gasteiger partial charge in [0.2, 0.25) is 0 Å². The van der Waals surface area contributed by atoms with Gasteiger partial charge >= 0.3 is 0 Å². The van der Waals surface area contributed by atoms with Gasteiger partial charge in [-0.2, -0.15) is 0 Å². The van der Waals surface area contributed by atoms with Crippen LogP contribution in [0, 0.1) is 5.92 Å². The monoisotopic (exact) mass is 214 g/mol. The Morgan fingerprint density at radius 2 is 2.31 bits per heavy atom. The van der Waals surface area contributed by atoms with Gasteiger partial charge in [-0.05, 0) is 37.3 Å². The second-order valence-corrected chi connectivity index (χ2v) is 4.62. The van der Waals surface area contributed by atoms with E-state index in [0.29, 0.717) is 5.92 Å². The van der Waals surface area contributed by atoms with E-state index in [1.165, 1.54) is 0 Å². The van der Waals surface area contributed by atoms with Crippen LogP contribution in [-0.4, -0.2) is 9.38 Å². The predicted octanol–water partition coefficient (Wildman–Crippen LogP) is 1.82. The Morgan fingerprint density at radius 3 is 3.19 bits per heavy atom. The number of aryl methyl sites for hydroxylation is 1. The van der Waals surface area contributed by atoms with E-state index in [0.717, 1.165) is 36.2 Å². The van der Waals surface area contributed by atoms with Crippen molar-refractivity contribution in [2.75, 3.05) is 0 Å². The normalized spacial score (nSPS) is 19.7. The molecule has 82 valence electrons.